The molecule has 0 saturated heterocycles. The van der Waals surface area contributed by atoms with Crippen LogP contribution in [0.3, 0.4) is 0 Å². The maximum absolute atomic E-state index is 6.02. The fourth-order valence-electron chi connectivity index (χ4n) is 2.39. The standard InChI is InChI=1S/C12H14N4/c1-15-6-8-7-16(2)14-11(8)9-4-3-5-10(13)12(9)15/h3-5,7H,6,13H2,1-2H3. The quantitative estimate of drug-likeness (QED) is 0.678. The zero-order chi connectivity index (χ0) is 11.3. The smallest absolute Gasteiger partial charge is 0.0994 e. The number of nitrogens with zero attached hydrogens (tertiary/aromatic N) is 3. The summed E-state index contributed by atoms with van der Waals surface area (Å²) in [5, 5.41) is 4.50. The van der Waals surface area contributed by atoms with E-state index < -0.39 is 0 Å². The fraction of sp³-hybridized carbons (Fsp3) is 0.250. The van der Waals surface area contributed by atoms with Gasteiger partial charge in [-0.05, 0) is 6.07 Å². The van der Waals surface area contributed by atoms with Crippen LogP contribution in [-0.4, -0.2) is 16.8 Å². The summed E-state index contributed by atoms with van der Waals surface area (Å²) in [7, 11) is 4.01. The molecule has 1 aromatic carbocycles. The van der Waals surface area contributed by atoms with E-state index in [0.717, 1.165) is 29.2 Å². The van der Waals surface area contributed by atoms with Crippen molar-refractivity contribution in [1.82, 2.24) is 9.78 Å². The monoisotopic (exact) mass is 214 g/mol. The van der Waals surface area contributed by atoms with Gasteiger partial charge in [0.2, 0.25) is 0 Å². The van der Waals surface area contributed by atoms with Crippen molar-refractivity contribution in [2.75, 3.05) is 17.7 Å². The van der Waals surface area contributed by atoms with Crippen LogP contribution < -0.4 is 10.6 Å². The van der Waals surface area contributed by atoms with E-state index in [0.29, 0.717) is 0 Å². The zero-order valence-electron chi connectivity index (χ0n) is 9.44. The molecule has 1 aliphatic rings. The van der Waals surface area contributed by atoms with Gasteiger partial charge in [0.25, 0.3) is 0 Å². The van der Waals surface area contributed by atoms with Gasteiger partial charge < -0.3 is 10.6 Å². The molecule has 1 aliphatic heterocycles. The molecular weight excluding hydrogens is 200 g/mol. The summed E-state index contributed by atoms with van der Waals surface area (Å²) in [6.07, 6.45) is 2.07. The SMILES string of the molecule is CN1Cc2cn(C)nc2-c2cccc(N)c21. The Hall–Kier alpha value is -1.97. The minimum absolute atomic E-state index is 0.816. The summed E-state index contributed by atoms with van der Waals surface area (Å²) in [6, 6.07) is 5.99. The molecule has 3 rings (SSSR count). The number of nitrogen functional groups attached to an aromatic ring is 1. The van der Waals surface area contributed by atoms with Gasteiger partial charge in [0.05, 0.1) is 17.1 Å². The van der Waals surface area contributed by atoms with Gasteiger partial charge in [-0.1, -0.05) is 12.1 Å². The molecule has 2 N–H and O–H groups in total. The summed E-state index contributed by atoms with van der Waals surface area (Å²) in [6.45, 7) is 0.865. The average Bonchev–Trinajstić information content (AvgIpc) is 2.58. The van der Waals surface area contributed by atoms with Gasteiger partial charge in [0.15, 0.2) is 0 Å². The molecular formula is C12H14N4. The summed E-state index contributed by atoms with van der Waals surface area (Å²) in [4.78, 5) is 2.18. The number of rotatable bonds is 0. The molecule has 82 valence electrons. The van der Waals surface area contributed by atoms with Crippen molar-refractivity contribution in [3.05, 3.63) is 30.0 Å². The highest BCUT2D eigenvalue weighted by Gasteiger charge is 2.23. The first-order chi connectivity index (χ1) is 7.66. The second-order valence-electron chi connectivity index (χ2n) is 4.28. The summed E-state index contributed by atoms with van der Waals surface area (Å²) < 4.78 is 1.86. The largest absolute Gasteiger partial charge is 0.397 e. The van der Waals surface area contributed by atoms with Crippen LogP contribution in [0, 0.1) is 0 Å². The van der Waals surface area contributed by atoms with Crippen molar-refractivity contribution < 1.29 is 0 Å². The van der Waals surface area contributed by atoms with Crippen molar-refractivity contribution >= 4 is 11.4 Å². The van der Waals surface area contributed by atoms with Gasteiger partial charge in [-0.25, -0.2) is 0 Å². The number of anilines is 2. The van der Waals surface area contributed by atoms with Gasteiger partial charge >= 0.3 is 0 Å². The Morgan fingerprint density at radius 2 is 2.12 bits per heavy atom. The molecule has 2 heterocycles. The Morgan fingerprint density at radius 1 is 1.31 bits per heavy atom. The number of fused-ring (bicyclic) bond motifs is 3. The van der Waals surface area contributed by atoms with Crippen LogP contribution in [0.2, 0.25) is 0 Å². The third-order valence-corrected chi connectivity index (χ3v) is 3.02. The molecule has 0 aliphatic carbocycles. The van der Waals surface area contributed by atoms with Gasteiger partial charge in [0.1, 0.15) is 0 Å². The summed E-state index contributed by atoms with van der Waals surface area (Å²) >= 11 is 0. The molecule has 1 aromatic heterocycles. The zero-order valence-corrected chi connectivity index (χ0v) is 9.44. The van der Waals surface area contributed by atoms with Gasteiger partial charge in [-0.15, -0.1) is 0 Å². The Bertz CT molecular complexity index is 556. The Balaban J connectivity index is 2.32. The molecule has 0 radical (unpaired) electrons. The molecule has 0 bridgehead atoms. The lowest BCUT2D eigenvalue weighted by atomic mass is 10.00. The molecule has 4 heteroatoms. The van der Waals surface area contributed by atoms with Crippen molar-refractivity contribution in [3.8, 4) is 11.3 Å². The van der Waals surface area contributed by atoms with Gasteiger partial charge in [-0.3, -0.25) is 4.68 Å². The van der Waals surface area contributed by atoms with Crippen molar-refractivity contribution in [2.45, 2.75) is 6.54 Å². The van der Waals surface area contributed by atoms with E-state index in [2.05, 4.69) is 29.3 Å². The molecule has 2 aromatic rings. The van der Waals surface area contributed by atoms with Crippen LogP contribution >= 0.6 is 0 Å². The predicted molar refractivity (Wildman–Crippen MR) is 65.2 cm³/mol. The Morgan fingerprint density at radius 3 is 2.94 bits per heavy atom. The number of aryl methyl sites for hydroxylation is 1. The van der Waals surface area contributed by atoms with Crippen molar-refractivity contribution in [1.29, 1.82) is 0 Å². The Labute approximate surface area is 94.3 Å². The highest BCUT2D eigenvalue weighted by Crippen LogP contribution is 2.40. The third kappa shape index (κ3) is 1.13. The van der Waals surface area contributed by atoms with Crippen LogP contribution in [0.15, 0.2) is 24.4 Å². The lowest BCUT2D eigenvalue weighted by Crippen LogP contribution is -2.22. The van der Waals surface area contributed by atoms with Crippen LogP contribution in [0.5, 0.6) is 0 Å². The molecule has 0 unspecified atom stereocenters. The third-order valence-electron chi connectivity index (χ3n) is 3.02. The maximum Gasteiger partial charge on any atom is 0.0994 e. The molecule has 0 spiro atoms. The number of hydrogen-bond donors (Lipinski definition) is 1. The topological polar surface area (TPSA) is 47.1 Å². The van der Waals surface area contributed by atoms with Crippen LogP contribution in [0.4, 0.5) is 11.4 Å². The molecule has 0 amide bonds. The highest BCUT2D eigenvalue weighted by molar-refractivity contribution is 5.88. The van der Waals surface area contributed by atoms with E-state index in [4.69, 9.17) is 5.73 Å². The predicted octanol–water partition coefficient (Wildman–Crippen LogP) is 1.62. The lowest BCUT2D eigenvalue weighted by molar-refractivity contribution is 0.770. The molecule has 0 atom stereocenters. The number of benzene rings is 1. The normalized spacial score (nSPS) is 13.5. The summed E-state index contributed by atoms with van der Waals surface area (Å²) in [5.41, 5.74) is 11.4. The first kappa shape index (κ1) is 9.27. The first-order valence-electron chi connectivity index (χ1n) is 5.29. The van der Waals surface area contributed by atoms with Crippen LogP contribution in [0.25, 0.3) is 11.3 Å². The molecule has 0 fully saturated rings. The van der Waals surface area contributed by atoms with Gasteiger partial charge in [0, 0.05) is 38.0 Å². The number of hydrogen-bond acceptors (Lipinski definition) is 3. The summed E-state index contributed by atoms with van der Waals surface area (Å²) in [5.74, 6) is 0. The number of para-hydroxylation sites is 1. The van der Waals surface area contributed by atoms with E-state index in [1.165, 1.54) is 5.56 Å². The number of nitrogens with two attached hydrogens (primary N) is 1. The van der Waals surface area contributed by atoms with E-state index in [-0.39, 0.29) is 0 Å². The molecule has 16 heavy (non-hydrogen) atoms. The highest BCUT2D eigenvalue weighted by atomic mass is 15.3. The van der Waals surface area contributed by atoms with Crippen molar-refractivity contribution in [2.24, 2.45) is 7.05 Å². The minimum atomic E-state index is 0.816. The van der Waals surface area contributed by atoms with E-state index in [1.807, 2.05) is 23.9 Å². The average molecular weight is 214 g/mol. The maximum atomic E-state index is 6.02. The second kappa shape index (κ2) is 3.01. The van der Waals surface area contributed by atoms with Crippen molar-refractivity contribution in [3.63, 3.8) is 0 Å². The van der Waals surface area contributed by atoms with E-state index >= 15 is 0 Å². The van der Waals surface area contributed by atoms with Crippen LogP contribution in [0.1, 0.15) is 5.56 Å². The first-order valence-corrected chi connectivity index (χ1v) is 5.29. The molecule has 4 nitrogen and oxygen atoms in total. The lowest BCUT2D eigenvalue weighted by Gasteiger charge is -2.27. The van der Waals surface area contributed by atoms with Gasteiger partial charge in [-0.2, -0.15) is 5.10 Å². The molecule has 0 saturated carbocycles. The minimum Gasteiger partial charge on any atom is -0.397 e. The van der Waals surface area contributed by atoms with E-state index in [9.17, 15) is 0 Å². The van der Waals surface area contributed by atoms with E-state index in [1.54, 1.807) is 0 Å². The second-order valence-corrected chi connectivity index (χ2v) is 4.28. The Kier molecular flexibility index (Phi) is 1.74. The fourth-order valence-corrected chi connectivity index (χ4v) is 2.39. The number of aromatic nitrogens is 2. The van der Waals surface area contributed by atoms with Crippen LogP contribution in [-0.2, 0) is 13.6 Å².